The number of rotatable bonds is 4. The molecule has 1 aliphatic rings. The summed E-state index contributed by atoms with van der Waals surface area (Å²) in [5.74, 6) is -0.329. The quantitative estimate of drug-likeness (QED) is 0.738. The summed E-state index contributed by atoms with van der Waals surface area (Å²) in [6.07, 6.45) is 1.64. The van der Waals surface area contributed by atoms with E-state index in [1.165, 1.54) is 0 Å². The van der Waals surface area contributed by atoms with Gasteiger partial charge in [0, 0.05) is 24.3 Å². The van der Waals surface area contributed by atoms with Crippen LogP contribution in [0.15, 0.2) is 30.5 Å². The Morgan fingerprint density at radius 2 is 2.25 bits per heavy atom. The fourth-order valence-electron chi connectivity index (χ4n) is 1.99. The molecule has 1 aromatic carbocycles. The van der Waals surface area contributed by atoms with E-state index in [0.717, 1.165) is 13.1 Å². The van der Waals surface area contributed by atoms with Crippen LogP contribution in [-0.2, 0) is 6.61 Å². The Labute approximate surface area is 115 Å². The summed E-state index contributed by atoms with van der Waals surface area (Å²) < 4.78 is 1.70. The van der Waals surface area contributed by atoms with E-state index in [0.29, 0.717) is 11.3 Å². The molecule has 104 valence electrons. The number of nitrogens with one attached hydrogen (secondary N) is 2. The molecule has 1 aromatic heterocycles. The first-order chi connectivity index (χ1) is 9.78. The maximum atomic E-state index is 12.1. The third kappa shape index (κ3) is 2.40. The number of benzene rings is 1. The van der Waals surface area contributed by atoms with E-state index in [2.05, 4.69) is 20.9 Å². The van der Waals surface area contributed by atoms with Crippen LogP contribution in [0.2, 0.25) is 0 Å². The van der Waals surface area contributed by atoms with Crippen molar-refractivity contribution in [3.05, 3.63) is 41.7 Å². The Morgan fingerprint density at radius 1 is 1.45 bits per heavy atom. The molecule has 7 nitrogen and oxygen atoms in total. The highest BCUT2D eigenvalue weighted by atomic mass is 16.3. The molecule has 0 spiro atoms. The van der Waals surface area contributed by atoms with E-state index in [1.54, 1.807) is 35.1 Å². The SMILES string of the molecule is O=C(Nc1ccccc1CO)c1cn(C2CNC2)nn1. The van der Waals surface area contributed by atoms with Gasteiger partial charge in [-0.3, -0.25) is 4.79 Å². The molecule has 2 heterocycles. The molecule has 0 radical (unpaired) electrons. The van der Waals surface area contributed by atoms with Crippen LogP contribution in [0, 0.1) is 0 Å². The highest BCUT2D eigenvalue weighted by molar-refractivity contribution is 6.03. The van der Waals surface area contributed by atoms with Crippen molar-refractivity contribution in [3.63, 3.8) is 0 Å². The maximum Gasteiger partial charge on any atom is 0.277 e. The van der Waals surface area contributed by atoms with Gasteiger partial charge in [0.1, 0.15) is 0 Å². The molecule has 3 N–H and O–H groups in total. The molecule has 1 aliphatic heterocycles. The predicted octanol–water partition coefficient (Wildman–Crippen LogP) is 0.167. The van der Waals surface area contributed by atoms with Gasteiger partial charge in [-0.25, -0.2) is 4.68 Å². The van der Waals surface area contributed by atoms with Gasteiger partial charge in [-0.15, -0.1) is 5.10 Å². The fourth-order valence-corrected chi connectivity index (χ4v) is 1.99. The Bertz CT molecular complexity index is 621. The van der Waals surface area contributed by atoms with E-state index in [9.17, 15) is 9.90 Å². The van der Waals surface area contributed by atoms with Gasteiger partial charge in [-0.1, -0.05) is 23.4 Å². The molecule has 3 rings (SSSR count). The zero-order chi connectivity index (χ0) is 13.9. The van der Waals surface area contributed by atoms with Crippen LogP contribution in [-0.4, -0.2) is 39.1 Å². The van der Waals surface area contributed by atoms with Crippen LogP contribution in [0.4, 0.5) is 5.69 Å². The maximum absolute atomic E-state index is 12.1. The van der Waals surface area contributed by atoms with Gasteiger partial charge >= 0.3 is 0 Å². The van der Waals surface area contributed by atoms with Gasteiger partial charge in [0.15, 0.2) is 5.69 Å². The third-order valence-corrected chi connectivity index (χ3v) is 3.31. The van der Waals surface area contributed by atoms with Crippen LogP contribution in [0.1, 0.15) is 22.1 Å². The van der Waals surface area contributed by atoms with Crippen molar-refractivity contribution in [3.8, 4) is 0 Å². The average Bonchev–Trinajstić information content (AvgIpc) is 2.87. The first kappa shape index (κ1) is 12.8. The lowest BCUT2D eigenvalue weighted by atomic mass is 10.2. The van der Waals surface area contributed by atoms with Crippen LogP contribution >= 0.6 is 0 Å². The number of hydrogen-bond donors (Lipinski definition) is 3. The zero-order valence-corrected chi connectivity index (χ0v) is 10.8. The van der Waals surface area contributed by atoms with Crippen molar-refractivity contribution in [2.24, 2.45) is 0 Å². The van der Waals surface area contributed by atoms with Gasteiger partial charge < -0.3 is 15.7 Å². The Kier molecular flexibility index (Phi) is 3.44. The minimum atomic E-state index is -0.329. The van der Waals surface area contributed by atoms with Crippen molar-refractivity contribution < 1.29 is 9.90 Å². The number of carbonyl (C=O) groups excluding carboxylic acids is 1. The number of aliphatic hydroxyl groups is 1. The molecule has 20 heavy (non-hydrogen) atoms. The zero-order valence-electron chi connectivity index (χ0n) is 10.8. The Hall–Kier alpha value is -2.25. The summed E-state index contributed by atoms with van der Waals surface area (Å²) in [7, 11) is 0. The van der Waals surface area contributed by atoms with E-state index < -0.39 is 0 Å². The van der Waals surface area contributed by atoms with Gasteiger partial charge in [0.05, 0.1) is 18.8 Å². The second-order valence-electron chi connectivity index (χ2n) is 4.67. The van der Waals surface area contributed by atoms with Crippen LogP contribution < -0.4 is 10.6 Å². The highest BCUT2D eigenvalue weighted by Gasteiger charge is 2.21. The summed E-state index contributed by atoms with van der Waals surface area (Å²) in [6.45, 7) is 1.56. The average molecular weight is 273 g/mol. The van der Waals surface area contributed by atoms with Crippen molar-refractivity contribution in [2.45, 2.75) is 12.6 Å². The summed E-state index contributed by atoms with van der Waals surface area (Å²) >= 11 is 0. The summed E-state index contributed by atoms with van der Waals surface area (Å²) in [5.41, 5.74) is 1.51. The van der Waals surface area contributed by atoms with Crippen LogP contribution in [0.3, 0.4) is 0 Å². The lowest BCUT2D eigenvalue weighted by Gasteiger charge is -2.26. The van der Waals surface area contributed by atoms with Crippen LogP contribution in [0.5, 0.6) is 0 Å². The molecule has 1 saturated heterocycles. The first-order valence-corrected chi connectivity index (χ1v) is 6.40. The van der Waals surface area contributed by atoms with E-state index >= 15 is 0 Å². The topological polar surface area (TPSA) is 92.1 Å². The van der Waals surface area contributed by atoms with Crippen molar-refractivity contribution in [2.75, 3.05) is 18.4 Å². The largest absolute Gasteiger partial charge is 0.392 e. The van der Waals surface area contributed by atoms with Crippen molar-refractivity contribution >= 4 is 11.6 Å². The predicted molar refractivity (Wildman–Crippen MR) is 72.2 cm³/mol. The number of amides is 1. The molecule has 0 unspecified atom stereocenters. The number of aromatic nitrogens is 3. The molecule has 2 aromatic rings. The van der Waals surface area contributed by atoms with E-state index in [1.807, 2.05) is 0 Å². The smallest absolute Gasteiger partial charge is 0.277 e. The number of hydrogen-bond acceptors (Lipinski definition) is 5. The number of aliphatic hydroxyl groups excluding tert-OH is 1. The van der Waals surface area contributed by atoms with Crippen LogP contribution in [0.25, 0.3) is 0 Å². The van der Waals surface area contributed by atoms with Gasteiger partial charge in [-0.05, 0) is 6.07 Å². The Balaban J connectivity index is 1.73. The molecule has 1 fully saturated rings. The highest BCUT2D eigenvalue weighted by Crippen LogP contribution is 2.16. The molecule has 0 atom stereocenters. The summed E-state index contributed by atoms with van der Waals surface area (Å²) in [4.78, 5) is 12.1. The fraction of sp³-hybridized carbons (Fsp3) is 0.308. The van der Waals surface area contributed by atoms with Crippen molar-refractivity contribution in [1.82, 2.24) is 20.3 Å². The number of carbonyl (C=O) groups is 1. The number of anilines is 1. The van der Waals surface area contributed by atoms with Gasteiger partial charge in [-0.2, -0.15) is 0 Å². The van der Waals surface area contributed by atoms with E-state index in [4.69, 9.17) is 0 Å². The number of para-hydroxylation sites is 1. The second-order valence-corrected chi connectivity index (χ2v) is 4.67. The Morgan fingerprint density at radius 3 is 2.95 bits per heavy atom. The summed E-state index contributed by atoms with van der Waals surface area (Å²) in [6, 6.07) is 7.37. The molecular formula is C13H15N5O2. The molecule has 0 aliphatic carbocycles. The van der Waals surface area contributed by atoms with Gasteiger partial charge in [0.25, 0.3) is 5.91 Å². The minimum absolute atomic E-state index is 0.128. The first-order valence-electron chi connectivity index (χ1n) is 6.40. The van der Waals surface area contributed by atoms with Crippen molar-refractivity contribution in [1.29, 1.82) is 0 Å². The second kappa shape index (κ2) is 5.40. The third-order valence-electron chi connectivity index (χ3n) is 3.31. The monoisotopic (exact) mass is 273 g/mol. The lowest BCUT2D eigenvalue weighted by molar-refractivity contribution is 0.102. The number of nitrogens with zero attached hydrogens (tertiary/aromatic N) is 3. The van der Waals surface area contributed by atoms with E-state index in [-0.39, 0.29) is 24.2 Å². The standard InChI is InChI=1S/C13H15N5O2/c19-8-9-3-1-2-4-11(9)15-13(20)12-7-18(17-16-12)10-5-14-6-10/h1-4,7,10,14,19H,5-6,8H2,(H,15,20). The molecule has 7 heteroatoms. The lowest BCUT2D eigenvalue weighted by Crippen LogP contribution is -2.43. The normalized spacial score (nSPS) is 14.8. The molecule has 0 saturated carbocycles. The van der Waals surface area contributed by atoms with Gasteiger partial charge in [0.2, 0.25) is 0 Å². The minimum Gasteiger partial charge on any atom is -0.392 e. The summed E-state index contributed by atoms with van der Waals surface area (Å²) in [5, 5.41) is 22.9. The molecule has 1 amide bonds. The molecular weight excluding hydrogens is 258 g/mol. The molecule has 0 bridgehead atoms.